The number of hydrogen-bond acceptors (Lipinski definition) is 2. The van der Waals surface area contributed by atoms with Crippen LogP contribution in [0.2, 0.25) is 0 Å². The smallest absolute Gasteiger partial charge is 0.125 e. The molecule has 1 N–H and O–H groups in total. The largest absolute Gasteiger partial charge is 0.508 e. The van der Waals surface area contributed by atoms with Crippen LogP contribution in [-0.2, 0) is 0 Å². The predicted octanol–water partition coefficient (Wildman–Crippen LogP) is 3.52. The molecule has 1 atom stereocenters. The van der Waals surface area contributed by atoms with Gasteiger partial charge in [-0.05, 0) is 31.4 Å². The predicted molar refractivity (Wildman–Crippen MR) is 62.4 cm³/mol. The standard InChI is InChI=1S/C13H20O2/c1-4-6-10(2)9-15-13-8-5-7-12(14)11(13)3/h5,7-8,10,14H,4,6,9H2,1-3H3. The maximum atomic E-state index is 9.49. The third kappa shape index (κ3) is 3.46. The van der Waals surface area contributed by atoms with Crippen LogP contribution in [0.15, 0.2) is 18.2 Å². The third-order valence-corrected chi connectivity index (χ3v) is 2.56. The molecule has 15 heavy (non-hydrogen) atoms. The highest BCUT2D eigenvalue weighted by Crippen LogP contribution is 2.26. The molecule has 0 amide bonds. The highest BCUT2D eigenvalue weighted by Gasteiger charge is 2.06. The second kappa shape index (κ2) is 5.64. The van der Waals surface area contributed by atoms with Gasteiger partial charge < -0.3 is 9.84 Å². The minimum Gasteiger partial charge on any atom is -0.508 e. The van der Waals surface area contributed by atoms with Gasteiger partial charge in [0.15, 0.2) is 0 Å². The summed E-state index contributed by atoms with van der Waals surface area (Å²) in [5, 5.41) is 9.49. The molecule has 0 saturated carbocycles. The monoisotopic (exact) mass is 208 g/mol. The molecule has 0 radical (unpaired) electrons. The summed E-state index contributed by atoms with van der Waals surface area (Å²) in [4.78, 5) is 0. The van der Waals surface area contributed by atoms with Crippen molar-refractivity contribution in [3.05, 3.63) is 23.8 Å². The lowest BCUT2D eigenvalue weighted by molar-refractivity contribution is 0.249. The Morgan fingerprint density at radius 2 is 2.13 bits per heavy atom. The van der Waals surface area contributed by atoms with Crippen molar-refractivity contribution in [2.24, 2.45) is 5.92 Å². The molecule has 0 heterocycles. The van der Waals surface area contributed by atoms with Crippen LogP contribution in [0.5, 0.6) is 11.5 Å². The molecule has 0 aliphatic heterocycles. The van der Waals surface area contributed by atoms with Crippen molar-refractivity contribution in [3.63, 3.8) is 0 Å². The molecule has 1 aromatic carbocycles. The zero-order chi connectivity index (χ0) is 11.3. The molecular weight excluding hydrogens is 188 g/mol. The van der Waals surface area contributed by atoms with E-state index < -0.39 is 0 Å². The Hall–Kier alpha value is -1.18. The quantitative estimate of drug-likeness (QED) is 0.802. The number of aromatic hydroxyl groups is 1. The summed E-state index contributed by atoms with van der Waals surface area (Å²) in [5.74, 6) is 1.66. The molecule has 1 rings (SSSR count). The number of ether oxygens (including phenoxy) is 1. The minimum absolute atomic E-state index is 0.302. The van der Waals surface area contributed by atoms with E-state index >= 15 is 0 Å². The Bertz CT molecular complexity index is 307. The van der Waals surface area contributed by atoms with Gasteiger partial charge in [0.05, 0.1) is 6.61 Å². The van der Waals surface area contributed by atoms with E-state index in [4.69, 9.17) is 4.74 Å². The van der Waals surface area contributed by atoms with Gasteiger partial charge in [0.25, 0.3) is 0 Å². The Kier molecular flexibility index (Phi) is 4.47. The molecule has 2 heteroatoms. The summed E-state index contributed by atoms with van der Waals surface area (Å²) in [6.07, 6.45) is 2.36. The lowest BCUT2D eigenvalue weighted by atomic mass is 10.1. The SMILES string of the molecule is CCCC(C)COc1cccc(O)c1C. The molecule has 0 fully saturated rings. The van der Waals surface area contributed by atoms with Crippen molar-refractivity contribution < 1.29 is 9.84 Å². The topological polar surface area (TPSA) is 29.5 Å². The number of hydrogen-bond donors (Lipinski definition) is 1. The molecule has 1 aromatic rings. The fraction of sp³-hybridized carbons (Fsp3) is 0.538. The van der Waals surface area contributed by atoms with E-state index in [9.17, 15) is 5.11 Å². The molecule has 0 aliphatic rings. The van der Waals surface area contributed by atoms with E-state index in [1.165, 1.54) is 12.8 Å². The highest BCUT2D eigenvalue weighted by molar-refractivity contribution is 5.42. The molecule has 1 unspecified atom stereocenters. The maximum absolute atomic E-state index is 9.49. The first kappa shape index (κ1) is 11.9. The van der Waals surface area contributed by atoms with E-state index in [0.717, 1.165) is 17.9 Å². The first-order valence-electron chi connectivity index (χ1n) is 5.56. The van der Waals surface area contributed by atoms with Crippen LogP contribution in [-0.4, -0.2) is 11.7 Å². The Balaban J connectivity index is 2.54. The zero-order valence-corrected chi connectivity index (χ0v) is 9.79. The molecule has 0 saturated heterocycles. The van der Waals surface area contributed by atoms with Gasteiger partial charge in [0, 0.05) is 5.56 Å². The normalized spacial score (nSPS) is 12.5. The van der Waals surface area contributed by atoms with E-state index in [1.807, 2.05) is 19.1 Å². The molecule has 2 nitrogen and oxygen atoms in total. The van der Waals surface area contributed by atoms with Gasteiger partial charge in [0.2, 0.25) is 0 Å². The molecule has 84 valence electrons. The van der Waals surface area contributed by atoms with Crippen LogP contribution in [0.1, 0.15) is 32.3 Å². The summed E-state index contributed by atoms with van der Waals surface area (Å²) in [6.45, 7) is 6.95. The summed E-state index contributed by atoms with van der Waals surface area (Å²) >= 11 is 0. The Labute approximate surface area is 91.9 Å². The van der Waals surface area contributed by atoms with Crippen LogP contribution in [0.4, 0.5) is 0 Å². The lowest BCUT2D eigenvalue weighted by Crippen LogP contribution is -2.08. The molecule has 0 spiro atoms. The maximum Gasteiger partial charge on any atom is 0.125 e. The van der Waals surface area contributed by atoms with Crippen molar-refractivity contribution in [3.8, 4) is 11.5 Å². The lowest BCUT2D eigenvalue weighted by Gasteiger charge is -2.14. The Morgan fingerprint density at radius 1 is 1.40 bits per heavy atom. The summed E-state index contributed by atoms with van der Waals surface area (Å²) in [6, 6.07) is 5.38. The average molecular weight is 208 g/mol. The van der Waals surface area contributed by atoms with Crippen molar-refractivity contribution in [2.75, 3.05) is 6.61 Å². The summed E-state index contributed by atoms with van der Waals surface area (Å²) < 4.78 is 5.67. The van der Waals surface area contributed by atoms with E-state index in [0.29, 0.717) is 11.7 Å². The first-order valence-corrected chi connectivity index (χ1v) is 5.56. The molecule has 0 bridgehead atoms. The van der Waals surface area contributed by atoms with Gasteiger partial charge in [-0.15, -0.1) is 0 Å². The number of benzene rings is 1. The second-order valence-corrected chi connectivity index (χ2v) is 4.11. The molecule has 0 aliphatic carbocycles. The first-order chi connectivity index (χ1) is 7.15. The van der Waals surface area contributed by atoms with E-state index in [-0.39, 0.29) is 0 Å². The minimum atomic E-state index is 0.302. The number of phenolic OH excluding ortho intramolecular Hbond substituents is 1. The molecular formula is C13H20O2. The van der Waals surface area contributed by atoms with E-state index in [1.54, 1.807) is 6.07 Å². The van der Waals surface area contributed by atoms with Crippen molar-refractivity contribution >= 4 is 0 Å². The van der Waals surface area contributed by atoms with Crippen molar-refractivity contribution in [1.29, 1.82) is 0 Å². The number of rotatable bonds is 5. The van der Waals surface area contributed by atoms with Crippen LogP contribution in [0.25, 0.3) is 0 Å². The average Bonchev–Trinajstić information content (AvgIpc) is 2.21. The van der Waals surface area contributed by atoms with Crippen LogP contribution in [0.3, 0.4) is 0 Å². The van der Waals surface area contributed by atoms with Gasteiger partial charge in [0.1, 0.15) is 11.5 Å². The van der Waals surface area contributed by atoms with E-state index in [2.05, 4.69) is 13.8 Å². The van der Waals surface area contributed by atoms with Crippen LogP contribution >= 0.6 is 0 Å². The summed E-state index contributed by atoms with van der Waals surface area (Å²) in [7, 11) is 0. The zero-order valence-electron chi connectivity index (χ0n) is 9.79. The van der Waals surface area contributed by atoms with Crippen molar-refractivity contribution in [2.45, 2.75) is 33.6 Å². The van der Waals surface area contributed by atoms with Gasteiger partial charge in [-0.1, -0.05) is 26.3 Å². The van der Waals surface area contributed by atoms with Gasteiger partial charge in [-0.25, -0.2) is 0 Å². The second-order valence-electron chi connectivity index (χ2n) is 4.11. The van der Waals surface area contributed by atoms with Gasteiger partial charge in [-0.2, -0.15) is 0 Å². The van der Waals surface area contributed by atoms with Crippen molar-refractivity contribution in [1.82, 2.24) is 0 Å². The van der Waals surface area contributed by atoms with Crippen LogP contribution in [0, 0.1) is 12.8 Å². The molecule has 0 aromatic heterocycles. The fourth-order valence-electron chi connectivity index (χ4n) is 1.57. The van der Waals surface area contributed by atoms with Gasteiger partial charge >= 0.3 is 0 Å². The Morgan fingerprint density at radius 3 is 2.80 bits per heavy atom. The van der Waals surface area contributed by atoms with Crippen LogP contribution < -0.4 is 4.74 Å². The van der Waals surface area contributed by atoms with Gasteiger partial charge in [-0.3, -0.25) is 0 Å². The summed E-state index contributed by atoms with van der Waals surface area (Å²) in [5.41, 5.74) is 0.821. The highest BCUT2D eigenvalue weighted by atomic mass is 16.5. The third-order valence-electron chi connectivity index (χ3n) is 2.56. The number of phenols is 1. The fourth-order valence-corrected chi connectivity index (χ4v) is 1.57.